The van der Waals surface area contributed by atoms with Crippen LogP contribution in [0.3, 0.4) is 0 Å². The molecule has 6 rings (SSSR count). The van der Waals surface area contributed by atoms with E-state index in [2.05, 4.69) is 54.4 Å². The fourth-order valence-electron chi connectivity index (χ4n) is 5.70. The fraction of sp³-hybridized carbons (Fsp3) is 0.615. The van der Waals surface area contributed by atoms with E-state index in [4.69, 9.17) is 38.9 Å². The van der Waals surface area contributed by atoms with E-state index in [1.807, 2.05) is 33.9 Å². The average Bonchev–Trinajstić information content (AvgIpc) is 3.81. The van der Waals surface area contributed by atoms with Gasteiger partial charge >= 0.3 is 6.80 Å². The third-order valence-corrected chi connectivity index (χ3v) is 16.1. The second-order valence-electron chi connectivity index (χ2n) is 13.6. The molecule has 6 N–H and O–H groups in total. The van der Waals surface area contributed by atoms with Crippen molar-refractivity contribution in [2.75, 3.05) is 24.7 Å². The first-order chi connectivity index (χ1) is 24.3. The number of hydrogen-bond acceptors (Lipinski definition) is 17. The van der Waals surface area contributed by atoms with Gasteiger partial charge in [-0.15, -0.1) is 0 Å². The van der Waals surface area contributed by atoms with E-state index in [0.717, 1.165) is 0 Å². The number of fused-ring (bicyclic) bond motifs is 2. The predicted molar refractivity (Wildman–Crippen MR) is 194 cm³/mol. The molecule has 26 heteroatoms. The maximum absolute atomic E-state index is 16.0. The number of nitrogens with zero attached hydrogens (tertiary/aromatic N) is 7. The zero-order chi connectivity index (χ0) is 37.9. The summed E-state index contributed by atoms with van der Waals surface area (Å²) in [5.41, 5.74) is 11.4. The molecule has 0 spiro atoms. The Morgan fingerprint density at radius 1 is 1.06 bits per heavy atom. The lowest BCUT2D eigenvalue weighted by molar-refractivity contribution is -0.0522. The number of thiol groups is 2. The highest BCUT2D eigenvalue weighted by Crippen LogP contribution is 2.58. The van der Waals surface area contributed by atoms with E-state index >= 15 is 4.39 Å². The van der Waals surface area contributed by atoms with Crippen molar-refractivity contribution < 1.29 is 46.1 Å². The van der Waals surface area contributed by atoms with E-state index in [-0.39, 0.29) is 39.1 Å². The fourth-order valence-corrected chi connectivity index (χ4v) is 9.35. The molecule has 2 aliphatic rings. The van der Waals surface area contributed by atoms with Crippen LogP contribution in [0.5, 0.6) is 0 Å². The van der Waals surface area contributed by atoms with Crippen molar-refractivity contribution >= 4 is 80.9 Å². The van der Waals surface area contributed by atoms with Crippen LogP contribution < -0.4 is 17.0 Å². The summed E-state index contributed by atoms with van der Waals surface area (Å²) in [4.78, 5) is 35.4. The van der Waals surface area contributed by atoms with Gasteiger partial charge in [-0.25, -0.2) is 28.9 Å². The second kappa shape index (κ2) is 14.6. The maximum atomic E-state index is 16.0. The van der Waals surface area contributed by atoms with Gasteiger partial charge in [0.05, 0.1) is 25.9 Å². The normalized spacial score (nSPS) is 28.9. The molecule has 0 radical (unpaired) electrons. The van der Waals surface area contributed by atoms with Gasteiger partial charge in [0.1, 0.15) is 42.4 Å². The maximum Gasteiger partial charge on any atom is 0.386 e. The third kappa shape index (κ3) is 7.58. The van der Waals surface area contributed by atoms with E-state index < -0.39 is 90.3 Å². The summed E-state index contributed by atoms with van der Waals surface area (Å²) in [6, 6.07) is 0. The highest BCUT2D eigenvalue weighted by molar-refractivity contribution is 8.44. The Bertz CT molecular complexity index is 2090. The number of alkyl halides is 1. The summed E-state index contributed by atoms with van der Waals surface area (Å²) in [6.45, 7) is 4.30. The zero-order valence-electron chi connectivity index (χ0n) is 28.4. The Kier molecular flexibility index (Phi) is 11.0. The number of imidazole rings is 2. The van der Waals surface area contributed by atoms with Crippen molar-refractivity contribution in [1.82, 2.24) is 39.0 Å². The van der Waals surface area contributed by atoms with Crippen molar-refractivity contribution in [2.45, 2.75) is 88.1 Å². The molecule has 4 aromatic rings. The first-order valence-electron chi connectivity index (χ1n) is 15.8. The van der Waals surface area contributed by atoms with Crippen molar-refractivity contribution in [3.63, 3.8) is 0 Å². The van der Waals surface area contributed by atoms with E-state index in [9.17, 15) is 19.0 Å². The van der Waals surface area contributed by atoms with Crippen LogP contribution in [0.25, 0.3) is 22.3 Å². The summed E-state index contributed by atoms with van der Waals surface area (Å²) in [6.07, 6.45) is -7.15. The number of aromatic amines is 1. The van der Waals surface area contributed by atoms with Gasteiger partial charge in [-0.1, -0.05) is 45.3 Å². The standard InChI is InChI=1S/C26H39FN10O10P2S2Si/c1-26(2,3)52(4,5)47-17-11(6-38)43-24(37-10-33-15-21(37)34-25(29)35-22(15)39)18(17)46-49(41,51)42-7-12-16(45-48(40)50)13(27)23(44-12)36-9-32-14-19(28)30-8-31-20(14)36/h8-13,16-18,23-24,38,48H,6-7H2,1-5H3,(H,40,50)(H,41,51)(H2,28,30,31)(H3,29,34,35,39)/t11-,12-,13?,16?,17?,18?,23-,24-,49?/m1/s1. The quantitative estimate of drug-likeness (QED) is 0.0681. The van der Waals surface area contributed by atoms with Gasteiger partial charge < -0.3 is 35.0 Å². The average molecular weight is 825 g/mol. The number of ether oxygens (including phenoxy) is 2. The number of hydrogen-bond donors (Lipinski definition) is 6. The first-order valence-corrected chi connectivity index (χ1v) is 24.0. The largest absolute Gasteiger partial charge is 0.408 e. The van der Waals surface area contributed by atoms with Gasteiger partial charge in [-0.3, -0.25) is 32.5 Å². The number of aliphatic hydroxyl groups excluding tert-OH is 1. The smallest absolute Gasteiger partial charge is 0.386 e. The lowest BCUT2D eigenvalue weighted by atomic mass is 10.1. The Balaban J connectivity index is 1.30. The minimum Gasteiger partial charge on any atom is -0.408 e. The van der Waals surface area contributed by atoms with Gasteiger partial charge in [-0.2, -0.15) is 4.98 Å². The molecule has 6 heterocycles. The van der Waals surface area contributed by atoms with Crippen LogP contribution in [-0.2, 0) is 36.6 Å². The molecule has 52 heavy (non-hydrogen) atoms. The molecule has 0 saturated carbocycles. The van der Waals surface area contributed by atoms with Gasteiger partial charge in [-0.05, 0) is 18.1 Å². The molecule has 4 aromatic heterocycles. The molecule has 2 saturated heterocycles. The van der Waals surface area contributed by atoms with Gasteiger partial charge in [0.2, 0.25) is 13.2 Å². The van der Waals surface area contributed by atoms with Gasteiger partial charge in [0.25, 0.3) is 5.56 Å². The molecule has 10 atom stereocenters. The Hall–Kier alpha value is -2.47. The molecule has 0 aromatic carbocycles. The van der Waals surface area contributed by atoms with Gasteiger partial charge in [0.15, 0.2) is 49.6 Å². The summed E-state index contributed by atoms with van der Waals surface area (Å²) in [5.74, 6) is -0.145. The lowest BCUT2D eigenvalue weighted by Gasteiger charge is -2.40. The van der Waals surface area contributed by atoms with Crippen molar-refractivity contribution in [2.24, 2.45) is 0 Å². The lowest BCUT2D eigenvalue weighted by Crippen LogP contribution is -2.50. The molecular formula is C26H39FN10O10P2S2Si. The number of aromatic nitrogens is 8. The van der Waals surface area contributed by atoms with Crippen molar-refractivity contribution in [1.29, 1.82) is 0 Å². The SMILES string of the molecule is CC(C)(C)[Si](C)(C)OC1C(OP(=O)(S)OC[C@H]2O[C@@H](n3cnc4c(N)ncnc43)C(F)C2O[PH](=O)S)[C@H](n2cnc3c(=O)[nH]c(N)nc32)O[C@@H]1CO. The summed E-state index contributed by atoms with van der Waals surface area (Å²) >= 11 is 8.05. The number of nitrogens with one attached hydrogen (secondary N) is 1. The van der Waals surface area contributed by atoms with Crippen LogP contribution in [0.15, 0.2) is 23.8 Å². The number of rotatable bonds is 12. The van der Waals surface area contributed by atoms with Crippen molar-refractivity contribution in [3.05, 3.63) is 29.3 Å². The molecular weight excluding hydrogens is 786 g/mol. The first kappa shape index (κ1) is 39.2. The Morgan fingerprint density at radius 2 is 1.71 bits per heavy atom. The predicted octanol–water partition coefficient (Wildman–Crippen LogP) is 2.78. The van der Waals surface area contributed by atoms with E-state index in [1.165, 1.54) is 28.1 Å². The second-order valence-corrected chi connectivity index (χ2v) is 23.1. The van der Waals surface area contributed by atoms with Crippen LogP contribution in [-0.4, -0.2) is 102 Å². The van der Waals surface area contributed by atoms with E-state index in [1.54, 1.807) is 0 Å². The number of nitrogen functional groups attached to an aromatic ring is 2. The number of halogens is 1. The van der Waals surface area contributed by atoms with Crippen molar-refractivity contribution in [3.8, 4) is 0 Å². The number of anilines is 2. The molecule has 6 unspecified atom stereocenters. The highest BCUT2D eigenvalue weighted by Gasteiger charge is 2.54. The number of H-pyrrole nitrogens is 1. The molecule has 0 aliphatic carbocycles. The molecule has 20 nitrogen and oxygen atoms in total. The minimum absolute atomic E-state index is 0.0137. The van der Waals surface area contributed by atoms with Crippen LogP contribution >= 0.6 is 38.5 Å². The third-order valence-electron chi connectivity index (χ3n) is 9.25. The molecule has 0 bridgehead atoms. The Morgan fingerprint density at radius 3 is 2.37 bits per heavy atom. The molecule has 2 fully saturated rings. The number of nitrogens with two attached hydrogens (primary N) is 2. The van der Waals surface area contributed by atoms with E-state index in [0.29, 0.717) is 0 Å². The summed E-state index contributed by atoms with van der Waals surface area (Å²) < 4.78 is 80.6. The topological polar surface area (TPSA) is 269 Å². The summed E-state index contributed by atoms with van der Waals surface area (Å²) in [5, 5.41) is 10.1. The zero-order valence-corrected chi connectivity index (χ0v) is 33.1. The minimum atomic E-state index is -4.48. The van der Waals surface area contributed by atoms with Crippen LogP contribution in [0, 0.1) is 0 Å². The number of aliphatic hydroxyl groups is 1. The molecule has 286 valence electrons. The van der Waals surface area contributed by atoms with Crippen LogP contribution in [0.2, 0.25) is 18.1 Å². The van der Waals surface area contributed by atoms with Crippen LogP contribution in [0.1, 0.15) is 33.2 Å². The Labute approximate surface area is 307 Å². The molecule has 0 amide bonds. The molecule has 2 aliphatic heterocycles. The van der Waals surface area contributed by atoms with Crippen LogP contribution in [0.4, 0.5) is 16.2 Å². The summed E-state index contributed by atoms with van der Waals surface area (Å²) in [7, 11) is -5.66. The van der Waals surface area contributed by atoms with Gasteiger partial charge in [0, 0.05) is 0 Å². The highest BCUT2D eigenvalue weighted by atomic mass is 32.7. The monoisotopic (exact) mass is 824 g/mol.